The van der Waals surface area contributed by atoms with Crippen LogP contribution < -0.4 is 10.5 Å². The largest absolute Gasteiger partial charge is 0.470 e. The summed E-state index contributed by atoms with van der Waals surface area (Å²) in [5.41, 5.74) is 10.4. The molecule has 1 aliphatic carbocycles. The smallest absolute Gasteiger partial charge is 0.245 e. The summed E-state index contributed by atoms with van der Waals surface area (Å²) in [4.78, 5) is 18.3. The molecule has 0 spiro atoms. The molecule has 0 unspecified atom stereocenters. The van der Waals surface area contributed by atoms with Gasteiger partial charge in [-0.2, -0.15) is 4.98 Å². The highest BCUT2D eigenvalue weighted by Crippen LogP contribution is 2.41. The van der Waals surface area contributed by atoms with Crippen molar-refractivity contribution < 1.29 is 4.74 Å². The van der Waals surface area contributed by atoms with E-state index in [9.17, 15) is 0 Å². The zero-order valence-electron chi connectivity index (χ0n) is 16.8. The maximum atomic E-state index is 6.53. The Morgan fingerprint density at radius 1 is 1.17 bits per heavy atom. The number of benzene rings is 1. The summed E-state index contributed by atoms with van der Waals surface area (Å²) < 4.78 is 8.15. The summed E-state index contributed by atoms with van der Waals surface area (Å²) in [6, 6.07) is 9.42. The van der Waals surface area contributed by atoms with Gasteiger partial charge in [-0.1, -0.05) is 11.6 Å². The summed E-state index contributed by atoms with van der Waals surface area (Å²) in [6.07, 6.45) is 5.32. The highest BCUT2D eigenvalue weighted by molar-refractivity contribution is 6.33. The number of ether oxygens (including phenoxy) is 1. The highest BCUT2D eigenvalue weighted by Gasteiger charge is 2.41. The number of pyridine rings is 1. The Hall–Kier alpha value is -3.19. The number of aryl methyl sites for hydroxylation is 1. The molecule has 7 nitrogen and oxygen atoms in total. The number of rotatable bonds is 5. The predicted molar refractivity (Wildman–Crippen MR) is 117 cm³/mol. The molecular formula is C22H21ClN6O. The van der Waals surface area contributed by atoms with Gasteiger partial charge in [0.05, 0.1) is 17.3 Å². The van der Waals surface area contributed by atoms with Crippen molar-refractivity contribution in [2.75, 3.05) is 5.73 Å². The van der Waals surface area contributed by atoms with Gasteiger partial charge in [-0.25, -0.2) is 9.97 Å². The maximum absolute atomic E-state index is 6.53. The normalized spacial score (nSPS) is 14.8. The molecule has 0 radical (unpaired) electrons. The first-order valence-electron chi connectivity index (χ1n) is 9.79. The molecule has 3 heterocycles. The van der Waals surface area contributed by atoms with Crippen molar-refractivity contribution in [3.05, 3.63) is 59.1 Å². The van der Waals surface area contributed by atoms with Crippen molar-refractivity contribution in [2.45, 2.75) is 38.8 Å². The van der Waals surface area contributed by atoms with Crippen LogP contribution in [0.15, 0.2) is 42.9 Å². The Bertz CT molecular complexity index is 1260. The molecule has 3 aromatic heterocycles. The van der Waals surface area contributed by atoms with E-state index in [0.29, 0.717) is 40.1 Å². The van der Waals surface area contributed by atoms with Crippen LogP contribution in [0.3, 0.4) is 0 Å². The molecule has 0 atom stereocenters. The Balaban J connectivity index is 1.71. The van der Waals surface area contributed by atoms with Crippen LogP contribution in [0.25, 0.3) is 22.6 Å². The van der Waals surface area contributed by atoms with Crippen molar-refractivity contribution in [1.82, 2.24) is 24.5 Å². The molecule has 1 saturated carbocycles. The van der Waals surface area contributed by atoms with Gasteiger partial charge in [-0.05, 0) is 62.6 Å². The molecule has 1 fully saturated rings. The van der Waals surface area contributed by atoms with Crippen molar-refractivity contribution in [3.8, 4) is 17.3 Å². The summed E-state index contributed by atoms with van der Waals surface area (Å²) >= 11 is 6.53. The Kier molecular flexibility index (Phi) is 4.36. The van der Waals surface area contributed by atoms with Gasteiger partial charge >= 0.3 is 0 Å². The van der Waals surface area contributed by atoms with Gasteiger partial charge in [-0.3, -0.25) is 4.98 Å². The Labute approximate surface area is 178 Å². The van der Waals surface area contributed by atoms with Gasteiger partial charge in [-0.15, -0.1) is 0 Å². The molecule has 0 aliphatic heterocycles. The van der Waals surface area contributed by atoms with E-state index in [1.165, 1.54) is 6.33 Å². The average molecular weight is 421 g/mol. The number of imidazole rings is 1. The summed E-state index contributed by atoms with van der Waals surface area (Å²) in [5, 5.41) is 0.522. The van der Waals surface area contributed by atoms with Crippen LogP contribution in [0.1, 0.15) is 31.0 Å². The second-order valence-corrected chi connectivity index (χ2v) is 8.40. The van der Waals surface area contributed by atoms with E-state index in [1.54, 1.807) is 12.3 Å². The third kappa shape index (κ3) is 3.45. The minimum absolute atomic E-state index is 0.178. The van der Waals surface area contributed by atoms with E-state index >= 15 is 0 Å². The second-order valence-electron chi connectivity index (χ2n) is 7.99. The molecule has 152 valence electrons. The number of hydrogen-bond acceptors (Lipinski definition) is 6. The lowest BCUT2D eigenvalue weighted by atomic mass is 10.2. The first-order chi connectivity index (χ1) is 14.4. The summed E-state index contributed by atoms with van der Waals surface area (Å²) in [6.45, 7) is 4.60. The van der Waals surface area contributed by atoms with Crippen molar-refractivity contribution in [3.63, 3.8) is 0 Å². The minimum Gasteiger partial charge on any atom is -0.470 e. The number of hydrogen-bond donors (Lipinski definition) is 1. The van der Waals surface area contributed by atoms with Gasteiger partial charge in [0, 0.05) is 17.4 Å². The van der Waals surface area contributed by atoms with Gasteiger partial charge in [0.25, 0.3) is 0 Å². The zero-order chi connectivity index (χ0) is 20.9. The highest BCUT2D eigenvalue weighted by atomic mass is 35.5. The van der Waals surface area contributed by atoms with Crippen LogP contribution in [0.4, 0.5) is 5.69 Å². The van der Waals surface area contributed by atoms with Crippen LogP contribution in [-0.2, 0) is 6.54 Å². The molecule has 5 rings (SSSR count). The van der Waals surface area contributed by atoms with Crippen molar-refractivity contribution >= 4 is 28.5 Å². The number of nitrogens with two attached hydrogens (primary N) is 1. The van der Waals surface area contributed by atoms with Gasteiger partial charge in [0.15, 0.2) is 11.2 Å². The van der Waals surface area contributed by atoms with Crippen LogP contribution in [0, 0.1) is 6.92 Å². The number of anilines is 1. The summed E-state index contributed by atoms with van der Waals surface area (Å²) in [7, 11) is 0. The fourth-order valence-electron chi connectivity index (χ4n) is 3.42. The monoisotopic (exact) mass is 420 g/mol. The number of aromatic nitrogens is 5. The Morgan fingerprint density at radius 2 is 2.00 bits per heavy atom. The molecule has 30 heavy (non-hydrogen) atoms. The van der Waals surface area contributed by atoms with Crippen molar-refractivity contribution in [2.24, 2.45) is 0 Å². The molecule has 0 amide bonds. The van der Waals surface area contributed by atoms with Gasteiger partial charge in [0.2, 0.25) is 5.88 Å². The first-order valence-corrected chi connectivity index (χ1v) is 10.2. The third-order valence-electron chi connectivity index (χ3n) is 5.32. The average Bonchev–Trinajstić information content (AvgIpc) is 3.31. The quantitative estimate of drug-likeness (QED) is 0.481. The van der Waals surface area contributed by atoms with Crippen LogP contribution in [0.2, 0.25) is 5.02 Å². The molecular weight excluding hydrogens is 400 g/mol. The van der Waals surface area contributed by atoms with Crippen molar-refractivity contribution in [1.29, 1.82) is 0 Å². The first kappa shape index (κ1) is 18.8. The lowest BCUT2D eigenvalue weighted by Gasteiger charge is -2.12. The second kappa shape index (κ2) is 6.95. The molecule has 1 aliphatic rings. The van der Waals surface area contributed by atoms with E-state index in [1.807, 2.05) is 35.8 Å². The number of fused-ring (bicyclic) bond motifs is 1. The van der Waals surface area contributed by atoms with E-state index in [2.05, 4.69) is 21.9 Å². The predicted octanol–water partition coefficient (Wildman–Crippen LogP) is 4.41. The number of halogens is 1. The topological polar surface area (TPSA) is 91.7 Å². The van der Waals surface area contributed by atoms with E-state index in [4.69, 9.17) is 27.1 Å². The SMILES string of the molecule is Cc1ccnc(Cn2c(-c3ccc(N)cc3Cl)nc3c(OC4(C)CC4)ncnc32)c1. The van der Waals surface area contributed by atoms with Crippen LogP contribution in [0.5, 0.6) is 5.88 Å². The van der Waals surface area contributed by atoms with Crippen LogP contribution in [-0.4, -0.2) is 30.1 Å². The molecule has 2 N–H and O–H groups in total. The van der Waals surface area contributed by atoms with E-state index < -0.39 is 0 Å². The third-order valence-corrected chi connectivity index (χ3v) is 5.63. The molecule has 1 aromatic carbocycles. The molecule has 4 aromatic rings. The van der Waals surface area contributed by atoms with E-state index in [-0.39, 0.29) is 5.60 Å². The molecule has 0 saturated heterocycles. The maximum Gasteiger partial charge on any atom is 0.245 e. The fourth-order valence-corrected chi connectivity index (χ4v) is 3.69. The number of nitrogen functional groups attached to an aromatic ring is 1. The lowest BCUT2D eigenvalue weighted by molar-refractivity contribution is 0.194. The van der Waals surface area contributed by atoms with E-state index in [0.717, 1.165) is 29.7 Å². The lowest BCUT2D eigenvalue weighted by Crippen LogP contribution is -2.13. The van der Waals surface area contributed by atoms with Gasteiger partial charge in [0.1, 0.15) is 17.8 Å². The fraction of sp³-hybridized carbons (Fsp3) is 0.273. The standard InChI is InChI=1S/C22H21ClN6O/c1-13-5-8-25-15(9-13)11-29-19(16-4-3-14(24)10-17(16)23)28-18-20(29)26-12-27-21(18)30-22(2)6-7-22/h3-5,8-10,12H,6-7,11,24H2,1-2H3. The number of nitrogens with zero attached hydrogens (tertiary/aromatic N) is 5. The van der Waals surface area contributed by atoms with Gasteiger partial charge < -0.3 is 15.0 Å². The molecule has 8 heteroatoms. The Morgan fingerprint density at radius 3 is 2.73 bits per heavy atom. The summed E-state index contributed by atoms with van der Waals surface area (Å²) in [5.74, 6) is 1.16. The molecule has 0 bridgehead atoms. The minimum atomic E-state index is -0.178. The van der Waals surface area contributed by atoms with Crippen LogP contribution >= 0.6 is 11.6 Å². The zero-order valence-corrected chi connectivity index (χ0v) is 17.5.